The minimum Gasteiger partial charge on any atom is -0.444 e. The van der Waals surface area contributed by atoms with Gasteiger partial charge >= 0.3 is 6.09 Å². The van der Waals surface area contributed by atoms with Crippen molar-refractivity contribution in [2.75, 3.05) is 13.7 Å². The average Bonchev–Trinajstić information content (AvgIpc) is 2.14. The number of Topliss-reactive ketones (excluding diaryl/α,β-unsaturated/α-hetero) is 1. The molecule has 0 aromatic heterocycles. The molecule has 0 aromatic rings. The van der Waals surface area contributed by atoms with Gasteiger partial charge in [0.05, 0.1) is 6.04 Å². The van der Waals surface area contributed by atoms with Crippen molar-refractivity contribution in [1.82, 2.24) is 5.32 Å². The molecule has 0 rings (SSSR count). The monoisotopic (exact) mass is 245 g/mol. The lowest BCUT2D eigenvalue weighted by Gasteiger charge is -2.21. The van der Waals surface area contributed by atoms with Crippen LogP contribution in [0.1, 0.15) is 40.5 Å². The van der Waals surface area contributed by atoms with E-state index < -0.39 is 17.7 Å². The highest BCUT2D eigenvalue weighted by atomic mass is 16.6. The van der Waals surface area contributed by atoms with Crippen LogP contribution in [0.5, 0.6) is 0 Å². The Morgan fingerprint density at radius 3 is 2.35 bits per heavy atom. The Morgan fingerprint density at radius 1 is 1.29 bits per heavy atom. The molecule has 0 aromatic carbocycles. The Balaban J connectivity index is 3.95. The van der Waals surface area contributed by atoms with Crippen LogP contribution in [0.2, 0.25) is 0 Å². The number of hydrogen-bond acceptors (Lipinski definition) is 4. The van der Waals surface area contributed by atoms with Crippen LogP contribution in [0.3, 0.4) is 0 Å². The Kier molecular flexibility index (Phi) is 6.80. The average molecular weight is 245 g/mol. The van der Waals surface area contributed by atoms with Gasteiger partial charge in [-0.3, -0.25) is 4.79 Å². The quantitative estimate of drug-likeness (QED) is 0.726. The molecular weight excluding hydrogens is 222 g/mol. The topological polar surface area (TPSA) is 64.6 Å². The Bertz CT molecular complexity index is 258. The molecule has 0 saturated heterocycles. The summed E-state index contributed by atoms with van der Waals surface area (Å²) in [7, 11) is 1.59. The van der Waals surface area contributed by atoms with Crippen molar-refractivity contribution in [1.29, 1.82) is 0 Å². The lowest BCUT2D eigenvalue weighted by Crippen LogP contribution is -2.41. The van der Waals surface area contributed by atoms with Gasteiger partial charge in [0, 0.05) is 20.1 Å². The van der Waals surface area contributed by atoms with Crippen molar-refractivity contribution in [3.63, 3.8) is 0 Å². The van der Waals surface area contributed by atoms with Crippen molar-refractivity contribution < 1.29 is 19.1 Å². The molecule has 0 saturated carbocycles. The maximum atomic E-state index is 11.6. The second-order valence-corrected chi connectivity index (χ2v) is 4.93. The van der Waals surface area contributed by atoms with Gasteiger partial charge in [-0.1, -0.05) is 0 Å². The number of hydrogen-bond donors (Lipinski definition) is 1. The number of methoxy groups -OCH3 is 1. The van der Waals surface area contributed by atoms with Crippen molar-refractivity contribution in [3.8, 4) is 0 Å². The Morgan fingerprint density at radius 2 is 1.88 bits per heavy atom. The predicted octanol–water partition coefficient (Wildman–Crippen LogP) is 1.90. The summed E-state index contributed by atoms with van der Waals surface area (Å²) in [5.41, 5.74) is -0.553. The van der Waals surface area contributed by atoms with Gasteiger partial charge in [-0.05, 0) is 34.1 Å². The minimum absolute atomic E-state index is 0.0205. The molecule has 0 heterocycles. The van der Waals surface area contributed by atoms with Crippen molar-refractivity contribution in [3.05, 3.63) is 0 Å². The van der Waals surface area contributed by atoms with E-state index in [2.05, 4.69) is 5.32 Å². The number of ether oxygens (including phenoxy) is 2. The zero-order valence-electron chi connectivity index (χ0n) is 11.3. The number of nitrogens with one attached hydrogen (secondary N) is 1. The Hall–Kier alpha value is -1.10. The molecule has 0 aliphatic rings. The zero-order valence-corrected chi connectivity index (χ0v) is 11.3. The van der Waals surface area contributed by atoms with E-state index in [1.54, 1.807) is 34.8 Å². The normalized spacial score (nSPS) is 13.0. The summed E-state index contributed by atoms with van der Waals surface area (Å²) in [4.78, 5) is 23.0. The van der Waals surface area contributed by atoms with Crippen molar-refractivity contribution in [2.24, 2.45) is 0 Å². The number of ketones is 1. The summed E-state index contributed by atoms with van der Waals surface area (Å²) in [6, 6.07) is -0.526. The summed E-state index contributed by atoms with van der Waals surface area (Å²) >= 11 is 0. The molecule has 0 spiro atoms. The molecule has 0 aliphatic carbocycles. The largest absolute Gasteiger partial charge is 0.444 e. The second-order valence-electron chi connectivity index (χ2n) is 4.93. The van der Waals surface area contributed by atoms with E-state index in [-0.39, 0.29) is 5.78 Å². The fourth-order valence-electron chi connectivity index (χ4n) is 1.17. The highest BCUT2D eigenvalue weighted by Gasteiger charge is 2.20. The van der Waals surface area contributed by atoms with Gasteiger partial charge in [-0.2, -0.15) is 0 Å². The summed E-state index contributed by atoms with van der Waals surface area (Å²) in [6.07, 6.45) is 0.491. The predicted molar refractivity (Wildman–Crippen MR) is 64.9 cm³/mol. The zero-order chi connectivity index (χ0) is 13.5. The van der Waals surface area contributed by atoms with Gasteiger partial charge in [-0.25, -0.2) is 4.79 Å². The van der Waals surface area contributed by atoms with Gasteiger partial charge in [0.25, 0.3) is 0 Å². The number of amides is 1. The molecule has 0 radical (unpaired) electrons. The number of alkyl carbamates (subject to hydrolysis) is 1. The maximum absolute atomic E-state index is 11.6. The summed E-state index contributed by atoms with van der Waals surface area (Å²) in [5.74, 6) is -0.0205. The van der Waals surface area contributed by atoms with E-state index >= 15 is 0 Å². The smallest absolute Gasteiger partial charge is 0.408 e. The van der Waals surface area contributed by atoms with Crippen LogP contribution in [0.4, 0.5) is 4.79 Å². The van der Waals surface area contributed by atoms with Gasteiger partial charge in [-0.15, -0.1) is 0 Å². The molecule has 1 atom stereocenters. The second kappa shape index (κ2) is 7.27. The molecule has 5 heteroatoms. The molecule has 0 fully saturated rings. The van der Waals surface area contributed by atoms with Gasteiger partial charge in [0.1, 0.15) is 5.60 Å². The summed E-state index contributed by atoms with van der Waals surface area (Å²) in [6.45, 7) is 7.52. The van der Waals surface area contributed by atoms with Crippen molar-refractivity contribution in [2.45, 2.75) is 52.2 Å². The molecular formula is C12H23NO4. The van der Waals surface area contributed by atoms with Gasteiger partial charge in [0.15, 0.2) is 5.78 Å². The third-order valence-electron chi connectivity index (χ3n) is 1.99. The summed E-state index contributed by atoms with van der Waals surface area (Å²) in [5, 5.41) is 2.51. The maximum Gasteiger partial charge on any atom is 0.408 e. The van der Waals surface area contributed by atoms with Crippen molar-refractivity contribution >= 4 is 11.9 Å². The number of carbonyl (C=O) groups is 2. The molecule has 100 valence electrons. The van der Waals surface area contributed by atoms with E-state index in [0.717, 1.165) is 0 Å². The third-order valence-corrected chi connectivity index (χ3v) is 1.99. The van der Waals surface area contributed by atoms with Crippen LogP contribution in [0.25, 0.3) is 0 Å². The highest BCUT2D eigenvalue weighted by molar-refractivity contribution is 5.86. The molecule has 0 aliphatic heterocycles. The molecule has 0 bridgehead atoms. The first kappa shape index (κ1) is 15.9. The molecule has 5 nitrogen and oxygen atoms in total. The fraction of sp³-hybridized carbons (Fsp3) is 0.833. The lowest BCUT2D eigenvalue weighted by atomic mass is 10.1. The lowest BCUT2D eigenvalue weighted by molar-refractivity contribution is -0.121. The van der Waals surface area contributed by atoms with Crippen LogP contribution in [-0.4, -0.2) is 37.2 Å². The SMILES string of the molecule is COCCCC(=O)[C@H](C)NC(=O)OC(C)(C)C. The third kappa shape index (κ3) is 8.68. The van der Waals surface area contributed by atoms with E-state index in [9.17, 15) is 9.59 Å². The first-order chi connectivity index (χ1) is 7.76. The van der Waals surface area contributed by atoms with Crippen LogP contribution in [0, 0.1) is 0 Å². The first-order valence-electron chi connectivity index (χ1n) is 5.77. The first-order valence-corrected chi connectivity index (χ1v) is 5.77. The molecule has 17 heavy (non-hydrogen) atoms. The van der Waals surface area contributed by atoms with Crippen LogP contribution >= 0.6 is 0 Å². The summed E-state index contributed by atoms with van der Waals surface area (Å²) < 4.78 is 9.91. The molecule has 1 amide bonds. The number of carbonyl (C=O) groups excluding carboxylic acids is 2. The van der Waals surface area contributed by atoms with Crippen LogP contribution in [0.15, 0.2) is 0 Å². The Labute approximate surface area is 103 Å². The fourth-order valence-corrected chi connectivity index (χ4v) is 1.17. The van der Waals surface area contributed by atoms with E-state index in [1.165, 1.54) is 0 Å². The van der Waals surface area contributed by atoms with Gasteiger partial charge < -0.3 is 14.8 Å². The van der Waals surface area contributed by atoms with E-state index in [1.807, 2.05) is 0 Å². The van der Waals surface area contributed by atoms with E-state index in [0.29, 0.717) is 19.4 Å². The minimum atomic E-state index is -0.565. The van der Waals surface area contributed by atoms with Crippen LogP contribution in [-0.2, 0) is 14.3 Å². The van der Waals surface area contributed by atoms with Crippen LogP contribution < -0.4 is 5.32 Å². The van der Waals surface area contributed by atoms with E-state index in [4.69, 9.17) is 9.47 Å². The van der Waals surface area contributed by atoms with Gasteiger partial charge in [0.2, 0.25) is 0 Å². The standard InChI is InChI=1S/C12H23NO4/c1-9(10(14)7-6-8-16-5)13-11(15)17-12(2,3)4/h9H,6-8H2,1-5H3,(H,13,15)/t9-/m0/s1. The molecule has 1 N–H and O–H groups in total. The highest BCUT2D eigenvalue weighted by Crippen LogP contribution is 2.07. The molecule has 0 unspecified atom stereocenters. The number of rotatable bonds is 6.